The third kappa shape index (κ3) is 9.21. The van der Waals surface area contributed by atoms with Crippen molar-refractivity contribution in [3.8, 4) is 0 Å². The van der Waals surface area contributed by atoms with Gasteiger partial charge in [0.05, 0.1) is 0 Å². The van der Waals surface area contributed by atoms with Gasteiger partial charge in [-0.25, -0.2) is 17.6 Å². The van der Waals surface area contributed by atoms with Crippen LogP contribution in [0.2, 0.25) is 0 Å². The van der Waals surface area contributed by atoms with Crippen molar-refractivity contribution >= 4 is 58.4 Å². The highest BCUT2D eigenvalue weighted by atomic mass is 19.1. The third-order valence-electron chi connectivity index (χ3n) is 9.96. The van der Waals surface area contributed by atoms with Gasteiger partial charge in [0.1, 0.15) is 23.3 Å². The summed E-state index contributed by atoms with van der Waals surface area (Å²) in [5.74, 6) is -1.25. The highest BCUT2D eigenvalue weighted by Gasteiger charge is 2.09. The number of rotatable bonds is 10. The van der Waals surface area contributed by atoms with Crippen molar-refractivity contribution in [1.82, 2.24) is 0 Å². The van der Waals surface area contributed by atoms with Crippen LogP contribution in [-0.4, -0.2) is 0 Å². The molecule has 0 heterocycles. The summed E-state index contributed by atoms with van der Waals surface area (Å²) in [5.41, 5.74) is 11.2. The SMILES string of the molecule is Fc1ccc(C(=Cc2ccc(C=Cc3cc(C=Cc4ccc(C=C(c5ccc(F)cc5)c5ccc(F)cc5)cc4)c4ccccc4c3)cc2)c2ccc(F)cc2)cc1. The Morgan fingerprint density at radius 1 is 0.310 bits per heavy atom. The molecule has 0 N–H and O–H groups in total. The van der Waals surface area contributed by atoms with Crippen molar-refractivity contribution < 1.29 is 17.6 Å². The summed E-state index contributed by atoms with van der Waals surface area (Å²) in [6.07, 6.45) is 12.5. The fourth-order valence-electron chi connectivity index (χ4n) is 6.90. The van der Waals surface area contributed by atoms with Crippen LogP contribution in [0, 0.1) is 23.3 Å². The Hall–Kier alpha value is -7.30. The van der Waals surface area contributed by atoms with E-state index in [2.05, 4.69) is 72.8 Å². The van der Waals surface area contributed by atoms with Crippen LogP contribution in [0.4, 0.5) is 17.6 Å². The first-order valence-corrected chi connectivity index (χ1v) is 18.9. The van der Waals surface area contributed by atoms with Crippen LogP contribution in [0.1, 0.15) is 55.6 Å². The van der Waals surface area contributed by atoms with Crippen LogP contribution < -0.4 is 0 Å². The molecule has 8 rings (SSSR count). The highest BCUT2D eigenvalue weighted by molar-refractivity contribution is 5.96. The molecule has 280 valence electrons. The minimum Gasteiger partial charge on any atom is -0.207 e. The van der Waals surface area contributed by atoms with E-state index < -0.39 is 0 Å². The molecule has 0 atom stereocenters. The third-order valence-corrected chi connectivity index (χ3v) is 9.96. The highest BCUT2D eigenvalue weighted by Crippen LogP contribution is 2.30. The Balaban J connectivity index is 1.03. The first-order chi connectivity index (χ1) is 28.3. The van der Waals surface area contributed by atoms with Crippen LogP contribution in [0.15, 0.2) is 182 Å². The summed E-state index contributed by atoms with van der Waals surface area (Å²) in [7, 11) is 0. The molecule has 0 aliphatic heterocycles. The van der Waals surface area contributed by atoms with Gasteiger partial charge in [0.15, 0.2) is 0 Å². The molecule has 0 aliphatic carbocycles. The molecule has 0 radical (unpaired) electrons. The molecule has 58 heavy (non-hydrogen) atoms. The summed E-state index contributed by atoms with van der Waals surface area (Å²) < 4.78 is 54.9. The minimum atomic E-state index is -0.313. The van der Waals surface area contributed by atoms with Crippen LogP contribution in [0.5, 0.6) is 0 Å². The van der Waals surface area contributed by atoms with Gasteiger partial charge in [-0.2, -0.15) is 0 Å². The molecule has 0 bridgehead atoms. The molecule has 8 aromatic rings. The van der Waals surface area contributed by atoms with Crippen molar-refractivity contribution in [2.75, 3.05) is 0 Å². The molecule has 0 fully saturated rings. The summed E-state index contributed by atoms with van der Waals surface area (Å²) in [6, 6.07) is 54.3. The minimum absolute atomic E-state index is 0.313. The Labute approximate surface area is 335 Å². The van der Waals surface area contributed by atoms with E-state index >= 15 is 0 Å². The van der Waals surface area contributed by atoms with Gasteiger partial charge >= 0.3 is 0 Å². The van der Waals surface area contributed by atoms with Crippen LogP contribution in [0.25, 0.3) is 58.4 Å². The number of fused-ring (bicyclic) bond motifs is 1. The molecule has 0 saturated carbocycles. The van der Waals surface area contributed by atoms with Gasteiger partial charge in [-0.1, -0.05) is 146 Å². The van der Waals surface area contributed by atoms with Gasteiger partial charge in [0, 0.05) is 0 Å². The molecule has 0 spiro atoms. The lowest BCUT2D eigenvalue weighted by atomic mass is 9.95. The van der Waals surface area contributed by atoms with E-state index in [1.165, 1.54) is 48.5 Å². The van der Waals surface area contributed by atoms with Gasteiger partial charge in [-0.05, 0) is 150 Å². The van der Waals surface area contributed by atoms with Gasteiger partial charge < -0.3 is 0 Å². The monoisotopic (exact) mass is 760 g/mol. The smallest absolute Gasteiger partial charge is 0.123 e. The standard InChI is InChI=1S/C54H36F4/c55-48-25-17-42(18-26-48)53(43-19-27-49(56)28-20-43)35-39-10-5-37(6-11-39)9-14-41-33-46-3-1-2-4-52(46)47(34-41)16-15-38-7-12-40(13-8-38)36-54(44-21-29-50(57)30-22-44)45-23-31-51(58)32-24-45/h1-36H. The summed E-state index contributed by atoms with van der Waals surface area (Å²) in [5, 5.41) is 2.28. The van der Waals surface area contributed by atoms with Crippen molar-refractivity contribution in [2.24, 2.45) is 0 Å². The quantitative estimate of drug-likeness (QED) is 0.0962. The summed E-state index contributed by atoms with van der Waals surface area (Å²) in [4.78, 5) is 0. The van der Waals surface area contributed by atoms with E-state index in [9.17, 15) is 17.6 Å². The van der Waals surface area contributed by atoms with Gasteiger partial charge in [0.2, 0.25) is 0 Å². The van der Waals surface area contributed by atoms with Gasteiger partial charge in [-0.3, -0.25) is 0 Å². The summed E-state index contributed by atoms with van der Waals surface area (Å²) >= 11 is 0. The Kier molecular flexibility index (Phi) is 11.2. The molecular formula is C54H36F4. The van der Waals surface area contributed by atoms with Crippen LogP contribution in [-0.2, 0) is 0 Å². The largest absolute Gasteiger partial charge is 0.207 e. The van der Waals surface area contributed by atoms with E-state index in [1.807, 2.05) is 48.6 Å². The van der Waals surface area contributed by atoms with E-state index in [1.54, 1.807) is 48.5 Å². The van der Waals surface area contributed by atoms with E-state index in [0.717, 1.165) is 77.6 Å². The zero-order chi connectivity index (χ0) is 39.8. The van der Waals surface area contributed by atoms with Gasteiger partial charge in [0.25, 0.3) is 0 Å². The van der Waals surface area contributed by atoms with Crippen molar-refractivity contribution in [1.29, 1.82) is 0 Å². The number of hydrogen-bond donors (Lipinski definition) is 0. The van der Waals surface area contributed by atoms with E-state index in [4.69, 9.17) is 0 Å². The molecule has 8 aromatic carbocycles. The maximum Gasteiger partial charge on any atom is 0.123 e. The van der Waals surface area contributed by atoms with Crippen LogP contribution in [0.3, 0.4) is 0 Å². The summed E-state index contributed by atoms with van der Waals surface area (Å²) in [6.45, 7) is 0. The molecule has 4 heteroatoms. The second-order valence-electron chi connectivity index (χ2n) is 14.0. The lowest BCUT2D eigenvalue weighted by molar-refractivity contribution is 0.627. The van der Waals surface area contributed by atoms with Crippen LogP contribution >= 0.6 is 0 Å². The fourth-order valence-corrected chi connectivity index (χ4v) is 6.90. The van der Waals surface area contributed by atoms with E-state index in [-0.39, 0.29) is 23.3 Å². The lowest BCUT2D eigenvalue weighted by Gasteiger charge is -2.10. The maximum absolute atomic E-state index is 13.7. The molecule has 0 nitrogen and oxygen atoms in total. The molecule has 0 aliphatic rings. The Morgan fingerprint density at radius 2 is 0.655 bits per heavy atom. The Bertz CT molecular complexity index is 2690. The number of benzene rings is 8. The number of halogens is 4. The molecule has 0 aromatic heterocycles. The first-order valence-electron chi connectivity index (χ1n) is 18.9. The lowest BCUT2D eigenvalue weighted by Crippen LogP contribution is -1.90. The van der Waals surface area contributed by atoms with Crippen molar-refractivity contribution in [3.63, 3.8) is 0 Å². The fraction of sp³-hybridized carbons (Fsp3) is 0. The zero-order valence-electron chi connectivity index (χ0n) is 31.3. The second kappa shape index (κ2) is 17.2. The van der Waals surface area contributed by atoms with Crippen molar-refractivity contribution in [3.05, 3.63) is 261 Å². The molecule has 0 amide bonds. The number of hydrogen-bond acceptors (Lipinski definition) is 0. The predicted octanol–water partition coefficient (Wildman–Crippen LogP) is 14.9. The predicted molar refractivity (Wildman–Crippen MR) is 234 cm³/mol. The molecule has 0 unspecified atom stereocenters. The normalized spacial score (nSPS) is 11.3. The first kappa shape index (κ1) is 37.6. The average molecular weight is 761 g/mol. The topological polar surface area (TPSA) is 0 Å². The van der Waals surface area contributed by atoms with E-state index in [0.29, 0.717) is 0 Å². The molecule has 0 saturated heterocycles. The average Bonchev–Trinajstić information content (AvgIpc) is 3.25. The van der Waals surface area contributed by atoms with Gasteiger partial charge in [-0.15, -0.1) is 0 Å². The second-order valence-corrected chi connectivity index (χ2v) is 14.0. The maximum atomic E-state index is 13.7. The molecular weight excluding hydrogens is 725 g/mol. The zero-order valence-corrected chi connectivity index (χ0v) is 31.3. The Morgan fingerprint density at radius 3 is 1.07 bits per heavy atom. The van der Waals surface area contributed by atoms with Crippen molar-refractivity contribution in [2.45, 2.75) is 0 Å².